The predicted molar refractivity (Wildman–Crippen MR) is 156 cm³/mol. The topological polar surface area (TPSA) is 73.3 Å². The number of benzene rings is 3. The molecule has 1 fully saturated rings. The average molecular weight is 579 g/mol. The lowest BCUT2D eigenvalue weighted by Crippen LogP contribution is -2.29. The number of methoxy groups -OCH3 is 1. The van der Waals surface area contributed by atoms with Crippen molar-refractivity contribution in [2.45, 2.75) is 19.9 Å². The minimum Gasteiger partial charge on any atom is -0.507 e. The number of carbonyl (C=O) groups is 2. The van der Waals surface area contributed by atoms with Crippen molar-refractivity contribution in [2.24, 2.45) is 0 Å². The number of ether oxygens (including phenoxy) is 1. The Labute approximate surface area is 232 Å². The Morgan fingerprint density at radius 1 is 0.947 bits per heavy atom. The van der Waals surface area contributed by atoms with Gasteiger partial charge in [0.15, 0.2) is 0 Å². The van der Waals surface area contributed by atoms with Crippen LogP contribution < -0.4 is 19.4 Å². The molecule has 8 heteroatoms. The van der Waals surface area contributed by atoms with Gasteiger partial charge >= 0.3 is 0 Å². The summed E-state index contributed by atoms with van der Waals surface area (Å²) in [5, 5.41) is 11.4. The quantitative estimate of drug-likeness (QED) is 0.201. The number of anilines is 3. The molecule has 0 aromatic heterocycles. The third-order valence-corrected chi connectivity index (χ3v) is 7.47. The van der Waals surface area contributed by atoms with E-state index in [1.807, 2.05) is 67.5 Å². The van der Waals surface area contributed by atoms with Gasteiger partial charge in [-0.25, -0.2) is 0 Å². The molecule has 0 aliphatic carbocycles. The van der Waals surface area contributed by atoms with Crippen LogP contribution in [-0.4, -0.2) is 51.1 Å². The molecule has 0 radical (unpaired) electrons. The summed E-state index contributed by atoms with van der Waals surface area (Å²) < 4.78 is 5.93. The lowest BCUT2D eigenvalue weighted by atomic mass is 9.94. The fourth-order valence-corrected chi connectivity index (χ4v) is 5.29. The Kier molecular flexibility index (Phi) is 8.11. The molecule has 1 unspecified atom stereocenters. The minimum absolute atomic E-state index is 0.0411. The Morgan fingerprint density at radius 2 is 1.55 bits per heavy atom. The fourth-order valence-electron chi connectivity index (χ4n) is 4.75. The molecule has 1 saturated heterocycles. The molecule has 1 atom stereocenters. The van der Waals surface area contributed by atoms with Crippen molar-refractivity contribution in [1.29, 1.82) is 0 Å². The van der Waals surface area contributed by atoms with Crippen molar-refractivity contribution in [3.8, 4) is 5.75 Å². The maximum absolute atomic E-state index is 13.5. The van der Waals surface area contributed by atoms with Crippen LogP contribution in [0.5, 0.6) is 5.75 Å². The highest BCUT2D eigenvalue weighted by molar-refractivity contribution is 9.10. The van der Waals surface area contributed by atoms with Crippen LogP contribution in [-0.2, 0) is 9.59 Å². The first-order valence-corrected chi connectivity index (χ1v) is 13.3. The van der Waals surface area contributed by atoms with E-state index in [-0.39, 0.29) is 11.3 Å². The van der Waals surface area contributed by atoms with E-state index in [1.54, 1.807) is 25.3 Å². The standard InChI is InChI=1S/C30H32BrN3O4/c1-6-33(7-2)22-11-8-19(9-12-22)27-26(28(35)20-10-17-25(38-5)24(31)18-20)29(36)30(37)34(27)23-15-13-21(14-16-23)32(3)4/h8-18,27,35H,6-7H2,1-5H3/b28-26-. The first kappa shape index (κ1) is 27.3. The van der Waals surface area contributed by atoms with Crippen LogP contribution >= 0.6 is 15.9 Å². The number of rotatable bonds is 8. The summed E-state index contributed by atoms with van der Waals surface area (Å²) in [4.78, 5) is 32.6. The highest BCUT2D eigenvalue weighted by atomic mass is 79.9. The molecule has 0 spiro atoms. The van der Waals surface area contributed by atoms with Gasteiger partial charge in [0.1, 0.15) is 11.5 Å². The SMILES string of the molecule is CCN(CC)c1ccc(C2/C(=C(/O)c3ccc(OC)c(Br)c3)C(=O)C(=O)N2c2ccc(N(C)C)cc2)cc1. The zero-order valence-corrected chi connectivity index (χ0v) is 23.8. The molecular formula is C30H32BrN3O4. The summed E-state index contributed by atoms with van der Waals surface area (Å²) in [5.74, 6) is -1.07. The van der Waals surface area contributed by atoms with E-state index in [0.717, 1.165) is 30.0 Å². The van der Waals surface area contributed by atoms with Gasteiger partial charge in [0, 0.05) is 49.8 Å². The fraction of sp³-hybridized carbons (Fsp3) is 0.267. The number of amides is 1. The van der Waals surface area contributed by atoms with Crippen molar-refractivity contribution in [3.05, 3.63) is 87.9 Å². The Balaban J connectivity index is 1.89. The van der Waals surface area contributed by atoms with E-state index < -0.39 is 17.7 Å². The smallest absolute Gasteiger partial charge is 0.300 e. The van der Waals surface area contributed by atoms with Crippen LogP contribution in [0, 0.1) is 0 Å². The number of hydrogen-bond acceptors (Lipinski definition) is 6. The molecule has 1 amide bonds. The molecule has 3 aromatic carbocycles. The van der Waals surface area contributed by atoms with Crippen LogP contribution in [0.15, 0.2) is 76.8 Å². The number of Topliss-reactive ketones (excluding diaryl/α,β-unsaturated/α-hetero) is 1. The molecule has 1 aliphatic rings. The first-order chi connectivity index (χ1) is 18.2. The maximum atomic E-state index is 13.5. The summed E-state index contributed by atoms with van der Waals surface area (Å²) in [5.41, 5.74) is 3.76. The highest BCUT2D eigenvalue weighted by Crippen LogP contribution is 2.43. The second-order valence-corrected chi connectivity index (χ2v) is 10.0. The highest BCUT2D eigenvalue weighted by Gasteiger charge is 2.47. The van der Waals surface area contributed by atoms with Crippen LogP contribution in [0.25, 0.3) is 5.76 Å². The van der Waals surface area contributed by atoms with E-state index in [4.69, 9.17) is 4.74 Å². The van der Waals surface area contributed by atoms with E-state index in [0.29, 0.717) is 21.5 Å². The van der Waals surface area contributed by atoms with Crippen LogP contribution in [0.1, 0.15) is 31.0 Å². The average Bonchev–Trinajstić information content (AvgIpc) is 3.19. The minimum atomic E-state index is -0.799. The Hall–Kier alpha value is -3.78. The van der Waals surface area contributed by atoms with Gasteiger partial charge in [-0.2, -0.15) is 0 Å². The molecule has 0 saturated carbocycles. The van der Waals surface area contributed by atoms with Gasteiger partial charge in [-0.05, 0) is 89.9 Å². The van der Waals surface area contributed by atoms with Gasteiger partial charge < -0.3 is 19.6 Å². The van der Waals surface area contributed by atoms with Gasteiger partial charge in [0.05, 0.1) is 23.2 Å². The van der Waals surface area contributed by atoms with Crippen molar-refractivity contribution < 1.29 is 19.4 Å². The molecule has 1 N–H and O–H groups in total. The summed E-state index contributed by atoms with van der Waals surface area (Å²) in [6, 6.07) is 19.5. The van der Waals surface area contributed by atoms with E-state index in [1.165, 1.54) is 4.90 Å². The number of nitrogens with zero attached hydrogens (tertiary/aromatic N) is 3. The zero-order valence-electron chi connectivity index (χ0n) is 22.2. The van der Waals surface area contributed by atoms with Crippen LogP contribution in [0.4, 0.5) is 17.1 Å². The maximum Gasteiger partial charge on any atom is 0.300 e. The van der Waals surface area contributed by atoms with Gasteiger partial charge in [0.2, 0.25) is 0 Å². The zero-order chi connectivity index (χ0) is 27.6. The number of halogens is 1. The lowest BCUT2D eigenvalue weighted by molar-refractivity contribution is -0.132. The van der Waals surface area contributed by atoms with E-state index in [9.17, 15) is 14.7 Å². The number of ketones is 1. The van der Waals surface area contributed by atoms with Gasteiger partial charge in [-0.3, -0.25) is 14.5 Å². The van der Waals surface area contributed by atoms with E-state index >= 15 is 0 Å². The molecule has 198 valence electrons. The third kappa shape index (κ3) is 5.00. The summed E-state index contributed by atoms with van der Waals surface area (Å²) >= 11 is 3.44. The number of aliphatic hydroxyl groups is 1. The summed E-state index contributed by atoms with van der Waals surface area (Å²) in [6.45, 7) is 5.91. The van der Waals surface area contributed by atoms with Crippen molar-refractivity contribution >= 4 is 50.4 Å². The van der Waals surface area contributed by atoms with Crippen molar-refractivity contribution in [1.82, 2.24) is 0 Å². The molecule has 1 aliphatic heterocycles. The van der Waals surface area contributed by atoms with Crippen LogP contribution in [0.2, 0.25) is 0 Å². The van der Waals surface area contributed by atoms with E-state index in [2.05, 4.69) is 34.7 Å². The number of aliphatic hydroxyl groups excluding tert-OH is 1. The van der Waals surface area contributed by atoms with Gasteiger partial charge in [-0.1, -0.05) is 12.1 Å². The second-order valence-electron chi connectivity index (χ2n) is 9.19. The molecule has 0 bridgehead atoms. The molecule has 1 heterocycles. The second kappa shape index (κ2) is 11.3. The first-order valence-electron chi connectivity index (χ1n) is 12.5. The molecule has 3 aromatic rings. The largest absolute Gasteiger partial charge is 0.507 e. The summed E-state index contributed by atoms with van der Waals surface area (Å²) in [7, 11) is 5.42. The van der Waals surface area contributed by atoms with Crippen LogP contribution in [0.3, 0.4) is 0 Å². The normalized spacial score (nSPS) is 16.6. The van der Waals surface area contributed by atoms with Gasteiger partial charge in [0.25, 0.3) is 11.7 Å². The van der Waals surface area contributed by atoms with Crippen molar-refractivity contribution in [2.75, 3.05) is 49.0 Å². The van der Waals surface area contributed by atoms with Crippen molar-refractivity contribution in [3.63, 3.8) is 0 Å². The van der Waals surface area contributed by atoms with Gasteiger partial charge in [-0.15, -0.1) is 0 Å². The molecule has 4 rings (SSSR count). The lowest BCUT2D eigenvalue weighted by Gasteiger charge is -2.27. The number of hydrogen-bond donors (Lipinski definition) is 1. The summed E-state index contributed by atoms with van der Waals surface area (Å²) in [6.07, 6.45) is 0. The molecular weight excluding hydrogens is 546 g/mol. The Bertz CT molecular complexity index is 1360. The molecule has 38 heavy (non-hydrogen) atoms. The number of carbonyl (C=O) groups excluding carboxylic acids is 2. The third-order valence-electron chi connectivity index (χ3n) is 6.85. The monoisotopic (exact) mass is 577 g/mol. The predicted octanol–water partition coefficient (Wildman–Crippen LogP) is 6.00. The Morgan fingerprint density at radius 3 is 2.08 bits per heavy atom. The molecule has 7 nitrogen and oxygen atoms in total.